The largest absolute Gasteiger partial charge is 0.373 e. The molecule has 1 aromatic carbocycles. The van der Waals surface area contributed by atoms with E-state index in [0.29, 0.717) is 6.54 Å². The topological polar surface area (TPSA) is 38.5 Å². The van der Waals surface area contributed by atoms with Gasteiger partial charge >= 0.3 is 0 Å². The number of rotatable bonds is 5. The van der Waals surface area contributed by atoms with E-state index in [4.69, 9.17) is 10.5 Å². The summed E-state index contributed by atoms with van der Waals surface area (Å²) >= 11 is 0. The van der Waals surface area contributed by atoms with Gasteiger partial charge in [0.05, 0.1) is 12.2 Å². The molecule has 1 saturated heterocycles. The first-order valence-electron chi connectivity index (χ1n) is 7.74. The van der Waals surface area contributed by atoms with E-state index in [1.165, 1.54) is 5.56 Å². The average Bonchev–Trinajstić information content (AvgIpc) is 2.45. The average molecular weight is 276 g/mol. The summed E-state index contributed by atoms with van der Waals surface area (Å²) < 4.78 is 5.87. The third kappa shape index (κ3) is 3.40. The summed E-state index contributed by atoms with van der Waals surface area (Å²) in [7, 11) is 0. The fourth-order valence-corrected chi connectivity index (χ4v) is 3.35. The van der Waals surface area contributed by atoms with Crippen LogP contribution in [0.2, 0.25) is 0 Å². The molecule has 1 aliphatic rings. The number of hydrogen-bond acceptors (Lipinski definition) is 3. The first-order chi connectivity index (χ1) is 9.59. The molecule has 0 amide bonds. The smallest absolute Gasteiger partial charge is 0.0678 e. The first kappa shape index (κ1) is 15.5. The quantitative estimate of drug-likeness (QED) is 0.898. The number of morpholine rings is 1. The van der Waals surface area contributed by atoms with Crippen LogP contribution in [-0.2, 0) is 11.2 Å². The molecule has 0 saturated carbocycles. The van der Waals surface area contributed by atoms with E-state index in [1.807, 2.05) is 0 Å². The van der Waals surface area contributed by atoms with Gasteiger partial charge in [-0.2, -0.15) is 0 Å². The fourth-order valence-electron chi connectivity index (χ4n) is 3.35. The lowest BCUT2D eigenvalue weighted by atomic mass is 9.85. The molecular weight excluding hydrogens is 248 g/mol. The lowest BCUT2D eigenvalue weighted by molar-refractivity contribution is -0.102. The summed E-state index contributed by atoms with van der Waals surface area (Å²) in [4.78, 5) is 2.55. The van der Waals surface area contributed by atoms with Gasteiger partial charge in [-0.3, -0.25) is 4.90 Å². The van der Waals surface area contributed by atoms with E-state index in [1.54, 1.807) is 0 Å². The van der Waals surface area contributed by atoms with Crippen LogP contribution in [0.5, 0.6) is 0 Å². The molecule has 2 N–H and O–H groups in total. The van der Waals surface area contributed by atoms with E-state index >= 15 is 0 Å². The van der Waals surface area contributed by atoms with Crippen molar-refractivity contribution in [1.29, 1.82) is 0 Å². The van der Waals surface area contributed by atoms with Crippen LogP contribution in [0.25, 0.3) is 0 Å². The zero-order valence-electron chi connectivity index (χ0n) is 13.0. The van der Waals surface area contributed by atoms with E-state index < -0.39 is 0 Å². The minimum atomic E-state index is 0.0493. The van der Waals surface area contributed by atoms with Crippen molar-refractivity contribution in [2.75, 3.05) is 19.6 Å². The zero-order chi connectivity index (χ0) is 14.6. The number of nitrogens with two attached hydrogens (primary N) is 1. The summed E-state index contributed by atoms with van der Waals surface area (Å²) in [6, 6.07) is 10.7. The molecule has 2 rings (SSSR count). The van der Waals surface area contributed by atoms with Crippen LogP contribution >= 0.6 is 0 Å². The number of ether oxygens (including phenoxy) is 1. The van der Waals surface area contributed by atoms with Gasteiger partial charge < -0.3 is 10.5 Å². The minimum absolute atomic E-state index is 0.0493. The van der Waals surface area contributed by atoms with Crippen LogP contribution in [0.4, 0.5) is 0 Å². The monoisotopic (exact) mass is 276 g/mol. The molecule has 1 heterocycles. The highest BCUT2D eigenvalue weighted by atomic mass is 16.5. The summed E-state index contributed by atoms with van der Waals surface area (Å²) in [5, 5.41) is 0. The summed E-state index contributed by atoms with van der Waals surface area (Å²) in [6.07, 6.45) is 2.65. The van der Waals surface area contributed by atoms with E-state index in [2.05, 4.69) is 56.0 Å². The fraction of sp³-hybridized carbons (Fsp3) is 0.647. The Hall–Kier alpha value is -0.900. The molecule has 0 aromatic heterocycles. The van der Waals surface area contributed by atoms with Crippen molar-refractivity contribution in [3.8, 4) is 0 Å². The van der Waals surface area contributed by atoms with Gasteiger partial charge in [-0.05, 0) is 32.3 Å². The first-order valence-corrected chi connectivity index (χ1v) is 7.74. The van der Waals surface area contributed by atoms with Crippen molar-refractivity contribution in [3.05, 3.63) is 35.9 Å². The lowest BCUT2D eigenvalue weighted by Gasteiger charge is -2.48. The van der Waals surface area contributed by atoms with Gasteiger partial charge in [0.15, 0.2) is 0 Å². The highest BCUT2D eigenvalue weighted by molar-refractivity contribution is 5.18. The summed E-state index contributed by atoms with van der Waals surface area (Å²) in [5.74, 6) is 0. The van der Waals surface area contributed by atoms with Gasteiger partial charge in [-0.15, -0.1) is 0 Å². The van der Waals surface area contributed by atoms with E-state index in [0.717, 1.165) is 25.9 Å². The molecule has 0 aliphatic carbocycles. The van der Waals surface area contributed by atoms with Gasteiger partial charge in [-0.1, -0.05) is 37.3 Å². The molecule has 3 atom stereocenters. The molecule has 1 aromatic rings. The maximum atomic E-state index is 6.21. The van der Waals surface area contributed by atoms with Gasteiger partial charge in [0.1, 0.15) is 0 Å². The molecule has 1 unspecified atom stereocenters. The van der Waals surface area contributed by atoms with Crippen molar-refractivity contribution in [3.63, 3.8) is 0 Å². The van der Waals surface area contributed by atoms with Gasteiger partial charge in [0, 0.05) is 25.2 Å². The SMILES string of the molecule is CCC(CN)(Cc1ccccc1)N1C[C@@H](C)O[C@@H](C)C1. The van der Waals surface area contributed by atoms with Crippen molar-refractivity contribution in [1.82, 2.24) is 4.90 Å². The van der Waals surface area contributed by atoms with Crippen LogP contribution in [0.15, 0.2) is 30.3 Å². The van der Waals surface area contributed by atoms with Crippen molar-refractivity contribution >= 4 is 0 Å². The lowest BCUT2D eigenvalue weighted by Crippen LogP contribution is -2.61. The Morgan fingerprint density at radius 1 is 1.20 bits per heavy atom. The van der Waals surface area contributed by atoms with Crippen molar-refractivity contribution in [2.45, 2.75) is 51.4 Å². The number of nitrogens with zero attached hydrogens (tertiary/aromatic N) is 1. The standard InChI is InChI=1S/C17H28N2O/c1-4-17(13-18,10-16-8-6-5-7-9-16)19-11-14(2)20-15(3)12-19/h5-9,14-15H,4,10-13,18H2,1-3H3/t14-,15+,17?. The van der Waals surface area contributed by atoms with Gasteiger partial charge in [0.25, 0.3) is 0 Å². The molecule has 112 valence electrons. The number of benzene rings is 1. The Morgan fingerprint density at radius 2 is 1.80 bits per heavy atom. The molecule has 1 fully saturated rings. The summed E-state index contributed by atoms with van der Waals surface area (Å²) in [5.41, 5.74) is 7.62. The Labute approximate surface area is 123 Å². The van der Waals surface area contributed by atoms with Gasteiger partial charge in [-0.25, -0.2) is 0 Å². The second kappa shape index (κ2) is 6.70. The third-order valence-electron chi connectivity index (χ3n) is 4.50. The van der Waals surface area contributed by atoms with Crippen LogP contribution in [0, 0.1) is 0 Å². The van der Waals surface area contributed by atoms with Gasteiger partial charge in [0.2, 0.25) is 0 Å². The molecule has 20 heavy (non-hydrogen) atoms. The van der Waals surface area contributed by atoms with Crippen LogP contribution in [0.3, 0.4) is 0 Å². The third-order valence-corrected chi connectivity index (χ3v) is 4.50. The maximum Gasteiger partial charge on any atom is 0.0678 e. The predicted octanol–water partition coefficient (Wildman–Crippen LogP) is 2.45. The van der Waals surface area contributed by atoms with E-state index in [-0.39, 0.29) is 17.7 Å². The molecule has 0 radical (unpaired) electrons. The van der Waals surface area contributed by atoms with Crippen LogP contribution in [-0.4, -0.2) is 42.3 Å². The van der Waals surface area contributed by atoms with Crippen molar-refractivity contribution < 1.29 is 4.74 Å². The Morgan fingerprint density at radius 3 is 2.30 bits per heavy atom. The molecule has 0 spiro atoms. The number of hydrogen-bond donors (Lipinski definition) is 1. The predicted molar refractivity (Wildman–Crippen MR) is 83.8 cm³/mol. The van der Waals surface area contributed by atoms with Crippen molar-refractivity contribution in [2.24, 2.45) is 5.73 Å². The molecule has 3 heteroatoms. The minimum Gasteiger partial charge on any atom is -0.373 e. The molecule has 1 aliphatic heterocycles. The Bertz CT molecular complexity index is 393. The normalized spacial score (nSPS) is 27.2. The van der Waals surface area contributed by atoms with Crippen LogP contribution in [0.1, 0.15) is 32.8 Å². The molecule has 3 nitrogen and oxygen atoms in total. The highest BCUT2D eigenvalue weighted by Gasteiger charge is 2.38. The highest BCUT2D eigenvalue weighted by Crippen LogP contribution is 2.27. The second-order valence-corrected chi connectivity index (χ2v) is 6.11. The Balaban J connectivity index is 2.20. The van der Waals surface area contributed by atoms with E-state index in [9.17, 15) is 0 Å². The zero-order valence-corrected chi connectivity index (χ0v) is 13.0. The summed E-state index contributed by atoms with van der Waals surface area (Å²) in [6.45, 7) is 9.20. The second-order valence-electron chi connectivity index (χ2n) is 6.11. The maximum absolute atomic E-state index is 6.21. The Kier molecular flexibility index (Phi) is 5.19. The molecular formula is C17H28N2O. The molecule has 0 bridgehead atoms. The van der Waals surface area contributed by atoms with Crippen LogP contribution < -0.4 is 5.73 Å².